The molecule has 0 unspecified atom stereocenters. The first-order valence-corrected chi connectivity index (χ1v) is 9.38. The van der Waals surface area contributed by atoms with Crippen molar-refractivity contribution in [3.8, 4) is 0 Å². The Morgan fingerprint density at radius 1 is 1.26 bits per heavy atom. The Hall–Kier alpha value is -3.04. The van der Waals surface area contributed by atoms with Crippen LogP contribution >= 0.6 is 11.3 Å². The molecular weight excluding hydrogens is 362 g/mol. The Kier molecular flexibility index (Phi) is 3.59. The lowest BCUT2D eigenvalue weighted by Crippen LogP contribution is -2.24. The minimum atomic E-state index is -0.115. The standard InChI is InChI=1S/C18H17N7OS/c1-19-8-14-22-17-16(27-14)12-7-21-25(18(26)15(12)24(17)2)9-10-4-3-5-13-11(10)6-20-23-13/h3-7,19H,8-9H2,1-2H3,(H,20,23). The molecule has 4 aromatic heterocycles. The van der Waals surface area contributed by atoms with Crippen molar-refractivity contribution in [2.45, 2.75) is 13.1 Å². The lowest BCUT2D eigenvalue weighted by Gasteiger charge is -2.07. The van der Waals surface area contributed by atoms with Crippen LogP contribution in [0.3, 0.4) is 0 Å². The molecule has 27 heavy (non-hydrogen) atoms. The number of H-pyrrole nitrogens is 1. The fourth-order valence-corrected chi connectivity index (χ4v) is 4.62. The van der Waals surface area contributed by atoms with E-state index in [-0.39, 0.29) is 5.56 Å². The van der Waals surface area contributed by atoms with Gasteiger partial charge in [0.15, 0.2) is 5.65 Å². The average Bonchev–Trinajstić information content (AvgIpc) is 3.35. The van der Waals surface area contributed by atoms with Gasteiger partial charge < -0.3 is 9.88 Å². The number of nitrogens with zero attached hydrogens (tertiary/aromatic N) is 5. The topological polar surface area (TPSA) is 93.4 Å². The molecule has 8 nitrogen and oxygen atoms in total. The summed E-state index contributed by atoms with van der Waals surface area (Å²) in [6.07, 6.45) is 3.55. The zero-order valence-electron chi connectivity index (χ0n) is 14.9. The van der Waals surface area contributed by atoms with E-state index in [0.717, 1.165) is 37.2 Å². The second-order valence-electron chi connectivity index (χ2n) is 6.47. The first-order valence-electron chi connectivity index (χ1n) is 8.57. The normalized spacial score (nSPS) is 11.9. The van der Waals surface area contributed by atoms with E-state index in [1.807, 2.05) is 36.9 Å². The van der Waals surface area contributed by atoms with Gasteiger partial charge in [0, 0.05) is 24.4 Å². The molecule has 0 saturated carbocycles. The fourth-order valence-electron chi connectivity index (χ4n) is 3.50. The highest BCUT2D eigenvalue weighted by atomic mass is 32.1. The molecule has 0 atom stereocenters. The first kappa shape index (κ1) is 16.2. The van der Waals surface area contributed by atoms with Gasteiger partial charge in [0.1, 0.15) is 10.5 Å². The summed E-state index contributed by atoms with van der Waals surface area (Å²) in [4.78, 5) is 17.8. The molecule has 9 heteroatoms. The molecule has 0 saturated heterocycles. The molecule has 0 radical (unpaired) electrons. The van der Waals surface area contributed by atoms with Crippen molar-refractivity contribution in [1.29, 1.82) is 0 Å². The van der Waals surface area contributed by atoms with Gasteiger partial charge in [0.05, 0.1) is 29.2 Å². The number of aromatic nitrogens is 6. The highest BCUT2D eigenvalue weighted by Crippen LogP contribution is 2.30. The zero-order valence-corrected chi connectivity index (χ0v) is 15.7. The highest BCUT2D eigenvalue weighted by molar-refractivity contribution is 7.19. The summed E-state index contributed by atoms with van der Waals surface area (Å²) in [5.41, 5.74) is 3.29. The van der Waals surface area contributed by atoms with Crippen molar-refractivity contribution >= 4 is 43.5 Å². The van der Waals surface area contributed by atoms with Crippen LogP contribution in [0, 0.1) is 0 Å². The van der Waals surface area contributed by atoms with Crippen LogP contribution in [0.15, 0.2) is 35.4 Å². The van der Waals surface area contributed by atoms with E-state index in [0.29, 0.717) is 18.6 Å². The molecule has 0 spiro atoms. The molecule has 0 aliphatic heterocycles. The third-order valence-electron chi connectivity index (χ3n) is 4.79. The Balaban J connectivity index is 1.66. The molecule has 0 fully saturated rings. The van der Waals surface area contributed by atoms with E-state index in [1.165, 1.54) is 4.68 Å². The summed E-state index contributed by atoms with van der Waals surface area (Å²) in [6, 6.07) is 5.90. The van der Waals surface area contributed by atoms with Crippen molar-refractivity contribution in [2.24, 2.45) is 7.05 Å². The number of fused-ring (bicyclic) bond motifs is 4. The van der Waals surface area contributed by atoms with E-state index in [9.17, 15) is 4.79 Å². The van der Waals surface area contributed by atoms with E-state index >= 15 is 0 Å². The molecule has 136 valence electrons. The SMILES string of the molecule is CNCc1nc2c(s1)c1cnn(Cc3cccc4[nH]ncc34)c(=O)c1n2C. The van der Waals surface area contributed by atoms with Gasteiger partial charge in [-0.15, -0.1) is 11.3 Å². The van der Waals surface area contributed by atoms with Crippen molar-refractivity contribution in [1.82, 2.24) is 34.8 Å². The number of benzene rings is 1. The largest absolute Gasteiger partial charge is 0.323 e. The van der Waals surface area contributed by atoms with Gasteiger partial charge in [-0.05, 0) is 18.7 Å². The molecule has 1 aromatic carbocycles. The van der Waals surface area contributed by atoms with Crippen molar-refractivity contribution in [2.75, 3.05) is 7.05 Å². The Morgan fingerprint density at radius 3 is 3.00 bits per heavy atom. The third kappa shape index (κ3) is 2.39. The number of hydrogen-bond donors (Lipinski definition) is 2. The lowest BCUT2D eigenvalue weighted by atomic mass is 10.1. The lowest BCUT2D eigenvalue weighted by molar-refractivity contribution is 0.647. The van der Waals surface area contributed by atoms with Crippen LogP contribution in [0.4, 0.5) is 0 Å². The summed E-state index contributed by atoms with van der Waals surface area (Å²) in [6.45, 7) is 1.10. The number of nitrogens with one attached hydrogen (secondary N) is 2. The number of thiazole rings is 1. The molecule has 0 bridgehead atoms. The Labute approximate surface area is 157 Å². The van der Waals surface area contributed by atoms with Crippen LogP contribution in [-0.4, -0.2) is 36.6 Å². The molecular formula is C18H17N7OS. The minimum Gasteiger partial charge on any atom is -0.323 e. The molecule has 0 aliphatic carbocycles. The number of aryl methyl sites for hydroxylation is 1. The van der Waals surface area contributed by atoms with Gasteiger partial charge >= 0.3 is 0 Å². The predicted octanol–water partition coefficient (Wildman–Crippen LogP) is 1.99. The summed E-state index contributed by atoms with van der Waals surface area (Å²) in [7, 11) is 3.78. The van der Waals surface area contributed by atoms with Crippen LogP contribution < -0.4 is 10.9 Å². The van der Waals surface area contributed by atoms with E-state index < -0.39 is 0 Å². The summed E-state index contributed by atoms with van der Waals surface area (Å²) >= 11 is 1.60. The van der Waals surface area contributed by atoms with Crippen LogP contribution in [-0.2, 0) is 20.1 Å². The summed E-state index contributed by atoms with van der Waals surface area (Å²) in [5, 5.41) is 17.4. The van der Waals surface area contributed by atoms with E-state index in [1.54, 1.807) is 23.7 Å². The van der Waals surface area contributed by atoms with Gasteiger partial charge in [0.2, 0.25) is 0 Å². The number of rotatable bonds is 4. The zero-order chi connectivity index (χ0) is 18.5. The molecule has 0 amide bonds. The predicted molar refractivity (Wildman–Crippen MR) is 106 cm³/mol. The molecule has 2 N–H and O–H groups in total. The van der Waals surface area contributed by atoms with Gasteiger partial charge in [-0.3, -0.25) is 9.89 Å². The monoisotopic (exact) mass is 379 g/mol. The maximum absolute atomic E-state index is 13.1. The number of aromatic amines is 1. The van der Waals surface area contributed by atoms with Crippen LogP contribution in [0.1, 0.15) is 10.6 Å². The summed E-state index contributed by atoms with van der Waals surface area (Å²) < 4.78 is 4.38. The van der Waals surface area contributed by atoms with Gasteiger partial charge in [0.25, 0.3) is 5.56 Å². The molecule has 5 rings (SSSR count). The minimum absolute atomic E-state index is 0.115. The Morgan fingerprint density at radius 2 is 2.15 bits per heavy atom. The second kappa shape index (κ2) is 6.00. The molecule has 4 heterocycles. The highest BCUT2D eigenvalue weighted by Gasteiger charge is 2.18. The molecule has 5 aromatic rings. The van der Waals surface area contributed by atoms with Crippen molar-refractivity contribution in [3.63, 3.8) is 0 Å². The van der Waals surface area contributed by atoms with E-state index in [4.69, 9.17) is 0 Å². The Bertz CT molecular complexity index is 1360. The smallest absolute Gasteiger partial charge is 0.291 e. The average molecular weight is 379 g/mol. The van der Waals surface area contributed by atoms with Gasteiger partial charge in [-0.1, -0.05) is 12.1 Å². The second-order valence-corrected chi connectivity index (χ2v) is 7.55. The summed E-state index contributed by atoms with van der Waals surface area (Å²) in [5.74, 6) is 0. The van der Waals surface area contributed by atoms with Crippen LogP contribution in [0.2, 0.25) is 0 Å². The van der Waals surface area contributed by atoms with E-state index in [2.05, 4.69) is 25.6 Å². The van der Waals surface area contributed by atoms with Gasteiger partial charge in [-0.2, -0.15) is 10.2 Å². The maximum atomic E-state index is 13.1. The first-order chi connectivity index (χ1) is 13.2. The fraction of sp³-hybridized carbons (Fsp3) is 0.222. The molecule has 0 aliphatic rings. The van der Waals surface area contributed by atoms with Crippen LogP contribution in [0.5, 0.6) is 0 Å². The van der Waals surface area contributed by atoms with Crippen LogP contribution in [0.25, 0.3) is 32.2 Å². The van der Waals surface area contributed by atoms with Crippen molar-refractivity contribution < 1.29 is 0 Å². The number of hydrogen-bond acceptors (Lipinski definition) is 6. The maximum Gasteiger partial charge on any atom is 0.291 e. The van der Waals surface area contributed by atoms with Gasteiger partial charge in [-0.25, -0.2) is 9.67 Å². The quantitative estimate of drug-likeness (QED) is 0.498. The third-order valence-corrected chi connectivity index (χ3v) is 5.87. The van der Waals surface area contributed by atoms with Crippen molar-refractivity contribution in [3.05, 3.63) is 51.5 Å².